The maximum absolute atomic E-state index is 13.1. The molecule has 0 saturated heterocycles. The van der Waals surface area contributed by atoms with Crippen molar-refractivity contribution in [2.24, 2.45) is 0 Å². The summed E-state index contributed by atoms with van der Waals surface area (Å²) in [4.78, 5) is 28.7. The lowest BCUT2D eigenvalue weighted by atomic mass is 10.0. The molecule has 0 spiro atoms. The summed E-state index contributed by atoms with van der Waals surface area (Å²) in [6.45, 7) is 0. The highest BCUT2D eigenvalue weighted by molar-refractivity contribution is 6.25. The Labute approximate surface area is 190 Å². The van der Waals surface area contributed by atoms with Crippen molar-refractivity contribution in [3.63, 3.8) is 0 Å². The van der Waals surface area contributed by atoms with Crippen molar-refractivity contribution in [3.05, 3.63) is 77.4 Å². The third-order valence-corrected chi connectivity index (χ3v) is 6.06. The van der Waals surface area contributed by atoms with Crippen molar-refractivity contribution in [1.29, 1.82) is 0 Å². The number of hydrogen-bond acceptors (Lipinski definition) is 4. The van der Waals surface area contributed by atoms with Crippen LogP contribution >= 0.6 is 0 Å². The van der Waals surface area contributed by atoms with Crippen LogP contribution in [0.2, 0.25) is 0 Å². The summed E-state index contributed by atoms with van der Waals surface area (Å²) >= 11 is 0. The van der Waals surface area contributed by atoms with Crippen molar-refractivity contribution >= 4 is 34.0 Å². The number of rotatable bonds is 4. The summed E-state index contributed by atoms with van der Waals surface area (Å²) in [5, 5.41) is 11.5. The first-order valence-corrected chi connectivity index (χ1v) is 10.6. The third kappa shape index (κ3) is 3.21. The van der Waals surface area contributed by atoms with Crippen LogP contribution in [0.25, 0.3) is 16.5 Å². The number of hydrogen-bond donors (Lipinski definition) is 2. The van der Waals surface area contributed by atoms with Crippen molar-refractivity contribution in [3.8, 4) is 5.69 Å². The lowest BCUT2D eigenvalue weighted by molar-refractivity contribution is -0.141. The van der Waals surface area contributed by atoms with Crippen molar-refractivity contribution in [2.45, 2.75) is 24.9 Å². The van der Waals surface area contributed by atoms with Crippen molar-refractivity contribution in [1.82, 2.24) is 14.8 Å². The Morgan fingerprint density at radius 1 is 1.15 bits per heavy atom. The van der Waals surface area contributed by atoms with Gasteiger partial charge in [-0.2, -0.15) is 18.3 Å². The van der Waals surface area contributed by atoms with Gasteiger partial charge in [0.1, 0.15) is 5.69 Å². The highest BCUT2D eigenvalue weighted by atomic mass is 19.4. The van der Waals surface area contributed by atoms with E-state index in [-0.39, 0.29) is 17.5 Å². The fraction of sp³-hybridized carbons (Fsp3) is 0.167. The fourth-order valence-corrected chi connectivity index (χ4v) is 4.40. The zero-order valence-electron chi connectivity index (χ0n) is 17.5. The van der Waals surface area contributed by atoms with E-state index in [9.17, 15) is 22.8 Å². The quantitative estimate of drug-likeness (QED) is 0.439. The van der Waals surface area contributed by atoms with Crippen LogP contribution in [0.4, 0.5) is 24.5 Å². The van der Waals surface area contributed by atoms with E-state index in [2.05, 4.69) is 20.7 Å². The molecule has 3 heterocycles. The fourth-order valence-electron chi connectivity index (χ4n) is 4.40. The van der Waals surface area contributed by atoms with Crippen LogP contribution in [-0.4, -0.2) is 26.6 Å². The molecule has 170 valence electrons. The van der Waals surface area contributed by atoms with Gasteiger partial charge in [-0.25, -0.2) is 4.68 Å². The van der Waals surface area contributed by atoms with E-state index in [0.717, 1.165) is 47.3 Å². The first-order chi connectivity index (χ1) is 16.3. The predicted molar refractivity (Wildman–Crippen MR) is 118 cm³/mol. The molecule has 1 saturated carbocycles. The van der Waals surface area contributed by atoms with Crippen LogP contribution in [-0.2, 0) is 6.18 Å². The Kier molecular flexibility index (Phi) is 4.29. The molecule has 10 heteroatoms. The Balaban J connectivity index is 1.41. The molecule has 7 nitrogen and oxygen atoms in total. The number of pyridine rings is 1. The van der Waals surface area contributed by atoms with Gasteiger partial charge in [0.2, 0.25) is 0 Å². The number of anilines is 2. The molecule has 2 aliphatic rings. The monoisotopic (exact) mass is 463 g/mol. The largest absolute Gasteiger partial charge is 0.433 e. The molecule has 2 N–H and O–H groups in total. The SMILES string of the molecule is O=C(Nc1ccnc(C(F)(F)F)c1)c1cnn(-c2ccc3c4c(cccc24)C(=O)N3)c1C1CC1. The molecule has 4 aromatic rings. The van der Waals surface area contributed by atoms with E-state index in [1.54, 1.807) is 22.9 Å². The zero-order valence-corrected chi connectivity index (χ0v) is 17.5. The first-order valence-electron chi connectivity index (χ1n) is 10.6. The molecule has 2 aromatic carbocycles. The highest BCUT2D eigenvalue weighted by Crippen LogP contribution is 2.44. The van der Waals surface area contributed by atoms with Gasteiger partial charge >= 0.3 is 6.18 Å². The number of halogens is 3. The third-order valence-electron chi connectivity index (χ3n) is 6.06. The maximum Gasteiger partial charge on any atom is 0.433 e. The van der Waals surface area contributed by atoms with Gasteiger partial charge in [-0.1, -0.05) is 12.1 Å². The number of carbonyl (C=O) groups is 2. The van der Waals surface area contributed by atoms with Gasteiger partial charge in [0.15, 0.2) is 0 Å². The van der Waals surface area contributed by atoms with Crippen molar-refractivity contribution in [2.75, 3.05) is 10.6 Å². The molecule has 34 heavy (non-hydrogen) atoms. The molecule has 2 amide bonds. The van der Waals surface area contributed by atoms with E-state index in [4.69, 9.17) is 0 Å². The minimum atomic E-state index is -4.61. The van der Waals surface area contributed by atoms with E-state index in [0.29, 0.717) is 16.8 Å². The van der Waals surface area contributed by atoms with Crippen LogP contribution in [0.5, 0.6) is 0 Å². The van der Waals surface area contributed by atoms with Crippen LogP contribution in [0.1, 0.15) is 50.9 Å². The average Bonchev–Trinajstić information content (AvgIpc) is 3.47. The summed E-state index contributed by atoms with van der Waals surface area (Å²) in [5.74, 6) is -0.610. The van der Waals surface area contributed by atoms with Gasteiger partial charge < -0.3 is 10.6 Å². The molecule has 0 unspecified atom stereocenters. The van der Waals surface area contributed by atoms with E-state index < -0.39 is 17.8 Å². The Bertz CT molecular complexity index is 1500. The average molecular weight is 463 g/mol. The highest BCUT2D eigenvalue weighted by Gasteiger charge is 2.35. The molecule has 1 aliphatic carbocycles. The molecule has 2 aromatic heterocycles. The number of nitrogens with zero attached hydrogens (tertiary/aromatic N) is 3. The molecule has 0 radical (unpaired) electrons. The van der Waals surface area contributed by atoms with Gasteiger partial charge in [0, 0.05) is 39.8 Å². The Morgan fingerprint density at radius 2 is 1.97 bits per heavy atom. The molecule has 0 bridgehead atoms. The minimum absolute atomic E-state index is 0.00301. The lowest BCUT2D eigenvalue weighted by Crippen LogP contribution is -2.15. The second-order valence-electron chi connectivity index (χ2n) is 8.33. The zero-order chi connectivity index (χ0) is 23.6. The van der Waals surface area contributed by atoms with Gasteiger partial charge in [-0.3, -0.25) is 14.6 Å². The molecule has 6 rings (SSSR count). The normalized spacial score (nSPS) is 15.0. The topological polar surface area (TPSA) is 88.9 Å². The summed E-state index contributed by atoms with van der Waals surface area (Å²) < 4.78 is 40.7. The number of aromatic nitrogens is 3. The number of carbonyl (C=O) groups excluding carboxylic acids is 2. The Morgan fingerprint density at radius 3 is 2.74 bits per heavy atom. The van der Waals surface area contributed by atoms with Crippen molar-refractivity contribution < 1.29 is 22.8 Å². The van der Waals surface area contributed by atoms with Gasteiger partial charge in [-0.15, -0.1) is 0 Å². The number of alkyl halides is 3. The molecular weight excluding hydrogens is 447 g/mol. The summed E-state index contributed by atoms with van der Waals surface area (Å²) in [5.41, 5.74) is 1.92. The minimum Gasteiger partial charge on any atom is -0.322 e. The molecule has 0 atom stereocenters. The summed E-state index contributed by atoms with van der Waals surface area (Å²) in [7, 11) is 0. The second-order valence-corrected chi connectivity index (χ2v) is 8.33. The molecule has 1 aliphatic heterocycles. The molecule has 1 fully saturated rings. The van der Waals surface area contributed by atoms with E-state index in [1.807, 2.05) is 12.1 Å². The Hall–Kier alpha value is -4.21. The van der Waals surface area contributed by atoms with Gasteiger partial charge in [0.25, 0.3) is 11.8 Å². The van der Waals surface area contributed by atoms with Crippen LogP contribution in [0.3, 0.4) is 0 Å². The lowest BCUT2D eigenvalue weighted by Gasteiger charge is -2.13. The number of amides is 2. The standard InChI is InChI=1S/C24H16F3N5O2/c25-24(26,27)19-10-13(8-9-28-19)30-23(34)16-11-29-32(21(16)12-4-5-12)18-7-6-17-20-14(18)2-1-3-15(20)22(33)31-17/h1-3,6-12H,4-5H2,(H,31,33)(H,28,30,34). The predicted octanol–water partition coefficient (Wildman–Crippen LogP) is 5.13. The van der Waals surface area contributed by atoms with Crippen LogP contribution < -0.4 is 10.6 Å². The summed E-state index contributed by atoms with van der Waals surface area (Å²) in [6.07, 6.45) is -0.425. The van der Waals surface area contributed by atoms with E-state index >= 15 is 0 Å². The smallest absolute Gasteiger partial charge is 0.322 e. The second kappa shape index (κ2) is 7.14. The van der Waals surface area contributed by atoms with Gasteiger partial charge in [0.05, 0.1) is 23.1 Å². The van der Waals surface area contributed by atoms with Crippen LogP contribution in [0.15, 0.2) is 54.9 Å². The number of benzene rings is 2. The first kappa shape index (κ1) is 20.4. The maximum atomic E-state index is 13.1. The van der Waals surface area contributed by atoms with Crippen LogP contribution in [0, 0.1) is 0 Å². The van der Waals surface area contributed by atoms with Gasteiger partial charge in [-0.05, 0) is 43.2 Å². The summed E-state index contributed by atoms with van der Waals surface area (Å²) in [6, 6.07) is 11.2. The van der Waals surface area contributed by atoms with E-state index in [1.165, 1.54) is 12.3 Å². The molecular formula is C24H16F3N5O2. The number of nitrogens with one attached hydrogen (secondary N) is 2.